The maximum absolute atomic E-state index is 12.4. The number of nitrogens with one attached hydrogen (secondary N) is 2. The first-order valence-corrected chi connectivity index (χ1v) is 12.1. The van der Waals surface area contributed by atoms with Crippen LogP contribution < -0.4 is 16.4 Å². The lowest BCUT2D eigenvalue weighted by atomic mass is 9.98. The molecule has 2 rings (SSSR count). The van der Waals surface area contributed by atoms with E-state index in [9.17, 15) is 14.7 Å². The van der Waals surface area contributed by atoms with Crippen molar-refractivity contribution in [1.29, 1.82) is 0 Å². The third kappa shape index (κ3) is 11.0. The number of β-amino-alcohol motifs (C(OH)–C–C–N with tert-alkyl or cyclic N) is 1. The van der Waals surface area contributed by atoms with Crippen molar-refractivity contribution in [1.82, 2.24) is 15.5 Å². The van der Waals surface area contributed by atoms with Crippen LogP contribution >= 0.6 is 12.4 Å². The highest BCUT2D eigenvalue weighted by atomic mass is 35.5. The number of hydrogen-bond donors (Lipinski definition) is 4. The quantitative estimate of drug-likeness (QED) is 0.372. The van der Waals surface area contributed by atoms with Gasteiger partial charge in [0, 0.05) is 25.7 Å². The third-order valence-electron chi connectivity index (χ3n) is 5.83. The van der Waals surface area contributed by atoms with Crippen LogP contribution in [0.4, 0.5) is 4.79 Å². The second kappa shape index (κ2) is 15.2. The van der Waals surface area contributed by atoms with E-state index in [4.69, 9.17) is 10.5 Å². The molecular weight excluding hydrogens is 456 g/mol. The average Bonchev–Trinajstić information content (AvgIpc) is 2.74. The summed E-state index contributed by atoms with van der Waals surface area (Å²) in [6.07, 6.45) is 0.930. The number of nitrogens with zero attached hydrogens (tertiary/aromatic N) is 1. The van der Waals surface area contributed by atoms with Crippen LogP contribution in [-0.4, -0.2) is 65.9 Å². The van der Waals surface area contributed by atoms with Gasteiger partial charge in [0.05, 0.1) is 18.2 Å². The van der Waals surface area contributed by atoms with E-state index >= 15 is 0 Å². The smallest absolute Gasteiger partial charge is 0.407 e. The molecule has 1 aliphatic rings. The first-order chi connectivity index (χ1) is 15.6. The third-order valence-corrected chi connectivity index (χ3v) is 5.83. The Hall–Kier alpha value is -1.87. The van der Waals surface area contributed by atoms with Crippen molar-refractivity contribution < 1.29 is 19.4 Å². The van der Waals surface area contributed by atoms with E-state index in [-0.39, 0.29) is 37.0 Å². The summed E-state index contributed by atoms with van der Waals surface area (Å²) in [5.41, 5.74) is 6.91. The van der Waals surface area contributed by atoms with Gasteiger partial charge in [-0.15, -0.1) is 12.4 Å². The Morgan fingerprint density at radius 3 is 2.38 bits per heavy atom. The summed E-state index contributed by atoms with van der Waals surface area (Å²) in [5.74, 6) is 0.526. The highest BCUT2D eigenvalue weighted by Crippen LogP contribution is 2.15. The van der Waals surface area contributed by atoms with Crippen LogP contribution in [0.25, 0.3) is 0 Å². The monoisotopic (exact) mass is 498 g/mol. The van der Waals surface area contributed by atoms with Crippen molar-refractivity contribution in [3.63, 3.8) is 0 Å². The molecule has 0 bridgehead atoms. The fourth-order valence-corrected chi connectivity index (χ4v) is 4.23. The second-order valence-electron chi connectivity index (χ2n) is 10.00. The minimum atomic E-state index is -0.682. The molecule has 1 aliphatic heterocycles. The molecule has 0 saturated carbocycles. The van der Waals surface area contributed by atoms with E-state index in [1.54, 1.807) is 0 Å². The van der Waals surface area contributed by atoms with Crippen molar-refractivity contribution >= 4 is 24.4 Å². The van der Waals surface area contributed by atoms with Crippen molar-refractivity contribution in [2.24, 2.45) is 17.6 Å². The van der Waals surface area contributed by atoms with Crippen molar-refractivity contribution in [2.75, 3.05) is 19.6 Å². The largest absolute Gasteiger partial charge is 0.445 e. The number of carbonyl (C=O) groups excluding carboxylic acids is 2. The Morgan fingerprint density at radius 2 is 1.79 bits per heavy atom. The molecule has 2 unspecified atom stereocenters. The Labute approximate surface area is 210 Å². The standard InChI is InChI=1S/C25H42N4O4.ClH/c1-17(2)12-20(27-25(32)33-16-19-8-6-5-7-9-19)14-29-11-10-22(23(30)15-29)28-24(31)21(26)13-18(3)4;/h5-9,17-18,20-23,30H,10-16,26H2,1-4H3,(H,27,32)(H,28,31);1H/t20-,21-,22?,23?;/m0./s1. The van der Waals surface area contributed by atoms with Gasteiger partial charge in [-0.2, -0.15) is 0 Å². The predicted molar refractivity (Wildman–Crippen MR) is 137 cm³/mol. The first kappa shape index (κ1) is 30.2. The molecule has 0 spiro atoms. The maximum atomic E-state index is 12.4. The van der Waals surface area contributed by atoms with Crippen LogP contribution in [0.2, 0.25) is 0 Å². The normalized spacial score (nSPS) is 20.4. The van der Waals surface area contributed by atoms with Gasteiger partial charge in [-0.25, -0.2) is 4.79 Å². The summed E-state index contributed by atoms with van der Waals surface area (Å²) in [4.78, 5) is 26.8. The van der Waals surface area contributed by atoms with Gasteiger partial charge in [-0.1, -0.05) is 58.0 Å². The van der Waals surface area contributed by atoms with E-state index in [2.05, 4.69) is 29.4 Å². The zero-order valence-corrected chi connectivity index (χ0v) is 21.7. The molecule has 5 N–H and O–H groups in total. The topological polar surface area (TPSA) is 117 Å². The number of nitrogens with two attached hydrogens (primary N) is 1. The second-order valence-corrected chi connectivity index (χ2v) is 10.00. The number of rotatable bonds is 11. The summed E-state index contributed by atoms with van der Waals surface area (Å²) >= 11 is 0. The Kier molecular flexibility index (Phi) is 13.5. The molecule has 1 heterocycles. The summed E-state index contributed by atoms with van der Waals surface area (Å²) in [6, 6.07) is 8.62. The van der Waals surface area contributed by atoms with Gasteiger partial charge in [0.25, 0.3) is 0 Å². The minimum absolute atomic E-state index is 0. The SMILES string of the molecule is CC(C)C[C@@H](CN1CCC(NC(=O)[C@@H](N)CC(C)C)C(O)C1)NC(=O)OCc1ccccc1.Cl. The van der Waals surface area contributed by atoms with Gasteiger partial charge < -0.3 is 26.2 Å². The molecule has 1 aromatic rings. The number of aliphatic hydroxyl groups is 1. The van der Waals surface area contributed by atoms with Crippen molar-refractivity contribution in [3.8, 4) is 0 Å². The Bertz CT molecular complexity index is 735. The number of alkyl carbamates (subject to hydrolysis) is 1. The predicted octanol–water partition coefficient (Wildman–Crippen LogP) is 2.67. The fourth-order valence-electron chi connectivity index (χ4n) is 4.23. The van der Waals surface area contributed by atoms with Crippen LogP contribution in [0.5, 0.6) is 0 Å². The lowest BCUT2D eigenvalue weighted by Gasteiger charge is -2.38. The van der Waals surface area contributed by atoms with Crippen molar-refractivity contribution in [2.45, 2.75) is 77.8 Å². The molecule has 1 saturated heterocycles. The van der Waals surface area contributed by atoms with Crippen LogP contribution in [0.15, 0.2) is 30.3 Å². The molecule has 0 radical (unpaired) electrons. The summed E-state index contributed by atoms with van der Waals surface area (Å²) in [7, 11) is 0. The first-order valence-electron chi connectivity index (χ1n) is 12.1. The molecule has 4 atom stereocenters. The molecule has 2 amide bonds. The number of piperidine rings is 1. The van der Waals surface area contributed by atoms with Crippen LogP contribution in [0.3, 0.4) is 0 Å². The van der Waals surface area contributed by atoms with Crippen LogP contribution in [0, 0.1) is 11.8 Å². The summed E-state index contributed by atoms with van der Waals surface area (Å²) < 4.78 is 5.38. The maximum Gasteiger partial charge on any atom is 0.407 e. The Morgan fingerprint density at radius 1 is 1.15 bits per heavy atom. The average molecular weight is 499 g/mol. The zero-order chi connectivity index (χ0) is 24.4. The lowest BCUT2D eigenvalue weighted by Crippen LogP contribution is -2.58. The Balaban J connectivity index is 0.00000578. The molecule has 0 aliphatic carbocycles. The summed E-state index contributed by atoms with van der Waals surface area (Å²) in [5, 5.41) is 16.5. The van der Waals surface area contributed by atoms with Crippen LogP contribution in [-0.2, 0) is 16.1 Å². The number of carbonyl (C=O) groups is 2. The molecule has 194 valence electrons. The number of hydrogen-bond acceptors (Lipinski definition) is 6. The molecule has 0 aromatic heterocycles. The molecular formula is C25H43ClN4O4. The van der Waals surface area contributed by atoms with Gasteiger partial charge in [0.1, 0.15) is 6.61 Å². The number of aliphatic hydroxyl groups excluding tert-OH is 1. The molecule has 34 heavy (non-hydrogen) atoms. The summed E-state index contributed by atoms with van der Waals surface area (Å²) in [6.45, 7) is 10.3. The van der Waals surface area contributed by atoms with Crippen LogP contribution in [0.1, 0.15) is 52.5 Å². The molecule has 1 fully saturated rings. The van der Waals surface area contributed by atoms with Gasteiger partial charge in [0.2, 0.25) is 5.91 Å². The van der Waals surface area contributed by atoms with E-state index in [1.807, 2.05) is 44.2 Å². The number of likely N-dealkylation sites (tertiary alicyclic amines) is 1. The lowest BCUT2D eigenvalue weighted by molar-refractivity contribution is -0.125. The molecule has 1 aromatic carbocycles. The zero-order valence-electron chi connectivity index (χ0n) is 20.9. The van der Waals surface area contributed by atoms with Gasteiger partial charge in [-0.3, -0.25) is 9.69 Å². The minimum Gasteiger partial charge on any atom is -0.445 e. The van der Waals surface area contributed by atoms with Gasteiger partial charge in [-0.05, 0) is 36.7 Å². The number of amides is 2. The van der Waals surface area contributed by atoms with E-state index in [0.29, 0.717) is 37.8 Å². The number of benzene rings is 1. The van der Waals surface area contributed by atoms with E-state index in [0.717, 1.165) is 18.5 Å². The highest BCUT2D eigenvalue weighted by molar-refractivity contribution is 5.85. The van der Waals surface area contributed by atoms with Gasteiger partial charge in [0.15, 0.2) is 0 Å². The number of halogens is 1. The number of ether oxygens (including phenoxy) is 1. The van der Waals surface area contributed by atoms with E-state index in [1.165, 1.54) is 0 Å². The van der Waals surface area contributed by atoms with E-state index < -0.39 is 18.2 Å². The highest BCUT2D eigenvalue weighted by Gasteiger charge is 2.31. The van der Waals surface area contributed by atoms with Gasteiger partial charge >= 0.3 is 6.09 Å². The molecule has 8 nitrogen and oxygen atoms in total. The molecule has 9 heteroatoms. The van der Waals surface area contributed by atoms with Crippen molar-refractivity contribution in [3.05, 3.63) is 35.9 Å². The fraction of sp³-hybridized carbons (Fsp3) is 0.680.